The molecule has 0 bridgehead atoms. The maximum atomic E-state index is 13.0. The van der Waals surface area contributed by atoms with Crippen LogP contribution >= 0.6 is 15.6 Å². The van der Waals surface area contributed by atoms with Crippen LogP contribution < -0.4 is 0 Å². The van der Waals surface area contributed by atoms with Gasteiger partial charge in [0.2, 0.25) is 0 Å². The highest BCUT2D eigenvalue weighted by Crippen LogP contribution is 2.49. The number of rotatable bonds is 37. The monoisotopic (exact) mass is 1000 g/mol. The number of carbonyl (C=O) groups excluding carboxylic acids is 2. The molecule has 19 heteroatoms. The Bertz CT molecular complexity index is 1750. The number of unbranched alkanes of at least 4 members (excludes halogenated alkanes) is 5. The predicted molar refractivity (Wildman–Crippen MR) is 261 cm³/mol. The second-order valence-electron chi connectivity index (χ2n) is 15.9. The van der Waals surface area contributed by atoms with Gasteiger partial charge in [0, 0.05) is 12.8 Å². The standard InChI is InChI=1S/C49H78O17P2/c1-3-5-7-8-9-10-11-12-13-14-15-16-21-24-27-30-33-37-43(52)64-41(39-63-68(60,61)66-49-46(55)44(53)45(54)48(47(49)56)65-67(57,58)59)38-62-42(51)36-32-29-26-23-20-18-17-19-22-25-28-31-35-40(50)34-6-4-2/h6,9-10,12-13,15-18,22-28,31,34,40-41,44-50,53-56H,3-5,7-8,11,14,19-21,29-30,32-33,35-39H2,1-2H3,(H,60,61)(H2,57,58,59)/b10-9-,13-12-,16-15-,18-17-,25-22-,26-23-,27-24-,31-28+,34-6-/t40?,41-,44?,45?,46?,47?,48-,49+/m1/s1. The molecule has 0 aromatic rings. The number of esters is 2. The van der Waals surface area contributed by atoms with Crippen LogP contribution in [0.5, 0.6) is 0 Å². The number of carbonyl (C=O) groups is 2. The zero-order valence-electron chi connectivity index (χ0n) is 39.6. The minimum Gasteiger partial charge on any atom is -0.462 e. The van der Waals surface area contributed by atoms with Gasteiger partial charge in [-0.25, -0.2) is 9.13 Å². The van der Waals surface area contributed by atoms with Crippen molar-refractivity contribution in [3.63, 3.8) is 0 Å². The van der Waals surface area contributed by atoms with Gasteiger partial charge in [-0.3, -0.25) is 23.2 Å². The van der Waals surface area contributed by atoms with E-state index in [2.05, 4.69) is 41.8 Å². The van der Waals surface area contributed by atoms with Crippen molar-refractivity contribution in [2.24, 2.45) is 0 Å². The van der Waals surface area contributed by atoms with Crippen LogP contribution in [0.1, 0.15) is 123 Å². The van der Waals surface area contributed by atoms with Crippen LogP contribution in [0.25, 0.3) is 0 Å². The van der Waals surface area contributed by atoms with Crippen LogP contribution in [0.4, 0.5) is 0 Å². The fourth-order valence-corrected chi connectivity index (χ4v) is 7.79. The molecule has 1 aliphatic carbocycles. The van der Waals surface area contributed by atoms with E-state index in [-0.39, 0.29) is 12.8 Å². The molecule has 386 valence electrons. The Balaban J connectivity index is 2.70. The van der Waals surface area contributed by atoms with Gasteiger partial charge < -0.3 is 49.7 Å². The van der Waals surface area contributed by atoms with Crippen molar-refractivity contribution >= 4 is 27.6 Å². The highest BCUT2D eigenvalue weighted by atomic mass is 31.2. The van der Waals surface area contributed by atoms with Crippen LogP contribution in [0.3, 0.4) is 0 Å². The summed E-state index contributed by atoms with van der Waals surface area (Å²) in [4.78, 5) is 54.2. The van der Waals surface area contributed by atoms with Crippen LogP contribution in [0, 0.1) is 0 Å². The molecule has 9 atom stereocenters. The molecule has 8 N–H and O–H groups in total. The molecule has 0 radical (unpaired) electrons. The maximum absolute atomic E-state index is 13.0. The molecule has 0 heterocycles. The molecular weight excluding hydrogens is 922 g/mol. The summed E-state index contributed by atoms with van der Waals surface area (Å²) in [5.41, 5.74) is 0. The van der Waals surface area contributed by atoms with Crippen molar-refractivity contribution in [3.05, 3.63) is 109 Å². The van der Waals surface area contributed by atoms with Crippen LogP contribution in [0.15, 0.2) is 109 Å². The highest BCUT2D eigenvalue weighted by molar-refractivity contribution is 7.47. The van der Waals surface area contributed by atoms with Crippen molar-refractivity contribution in [2.45, 2.75) is 172 Å². The quantitative estimate of drug-likeness (QED) is 0.00965. The van der Waals surface area contributed by atoms with Gasteiger partial charge in [-0.05, 0) is 83.5 Å². The van der Waals surface area contributed by atoms with Crippen molar-refractivity contribution in [3.8, 4) is 0 Å². The van der Waals surface area contributed by atoms with E-state index >= 15 is 0 Å². The SMILES string of the molecule is CC/C=C\C(O)C/C=C/C=C\C/C=C\C/C=C\CCCC(=O)OC[C@H](COP(=O)(O)O[C@H]1C(O)C(O)C(O)[C@@H](OP(=O)(O)O)C1O)OC(=O)CCC/C=C\C/C=C\C/C=C\C/C=C\CCCCC. The summed E-state index contributed by atoms with van der Waals surface area (Å²) < 4.78 is 49.2. The third-order valence-electron chi connectivity index (χ3n) is 9.91. The summed E-state index contributed by atoms with van der Waals surface area (Å²) in [5, 5.41) is 51.0. The number of aliphatic hydroxyl groups excluding tert-OH is 5. The molecule has 0 aromatic carbocycles. The van der Waals surface area contributed by atoms with Gasteiger partial charge in [-0.2, -0.15) is 0 Å². The Labute approximate surface area is 402 Å². The van der Waals surface area contributed by atoms with Crippen molar-refractivity contribution < 1.29 is 82.0 Å². The molecule has 0 aliphatic heterocycles. The van der Waals surface area contributed by atoms with E-state index in [4.69, 9.17) is 18.5 Å². The number of aliphatic hydroxyl groups is 5. The zero-order valence-corrected chi connectivity index (χ0v) is 41.4. The number of phosphoric acid groups is 2. The summed E-state index contributed by atoms with van der Waals surface area (Å²) in [7, 11) is -10.7. The lowest BCUT2D eigenvalue weighted by Gasteiger charge is -2.43. The van der Waals surface area contributed by atoms with E-state index in [1.165, 1.54) is 19.3 Å². The summed E-state index contributed by atoms with van der Waals surface area (Å²) >= 11 is 0. The first-order valence-electron chi connectivity index (χ1n) is 23.5. The normalized spacial score (nSPS) is 22.7. The van der Waals surface area contributed by atoms with Gasteiger partial charge in [-0.1, -0.05) is 136 Å². The number of ether oxygens (including phenoxy) is 2. The molecule has 0 spiro atoms. The van der Waals surface area contributed by atoms with Gasteiger partial charge in [0.05, 0.1) is 12.7 Å². The van der Waals surface area contributed by atoms with E-state index in [9.17, 15) is 58.9 Å². The molecule has 1 aliphatic rings. The fourth-order valence-electron chi connectivity index (χ4n) is 6.25. The first-order chi connectivity index (χ1) is 32.5. The molecule has 0 saturated heterocycles. The molecule has 68 heavy (non-hydrogen) atoms. The lowest BCUT2D eigenvalue weighted by atomic mass is 9.85. The van der Waals surface area contributed by atoms with Crippen LogP contribution in [-0.4, -0.2) is 114 Å². The second-order valence-corrected chi connectivity index (χ2v) is 18.5. The van der Waals surface area contributed by atoms with Gasteiger partial charge in [0.15, 0.2) is 6.10 Å². The molecule has 1 saturated carbocycles. The Hall–Kier alpha value is -3.38. The molecule has 1 fully saturated rings. The number of phosphoric ester groups is 2. The Kier molecular flexibility index (Phi) is 35.4. The summed E-state index contributed by atoms with van der Waals surface area (Å²) in [6, 6.07) is 0. The number of allylic oxidation sites excluding steroid dienone is 16. The van der Waals surface area contributed by atoms with E-state index in [1.54, 1.807) is 6.08 Å². The minimum absolute atomic E-state index is 0.00605. The Morgan fingerprint density at radius 1 is 0.559 bits per heavy atom. The van der Waals surface area contributed by atoms with E-state index in [1.807, 2.05) is 79.8 Å². The summed E-state index contributed by atoms with van der Waals surface area (Å²) in [6.07, 6.45) is 32.5. The largest absolute Gasteiger partial charge is 0.472 e. The average Bonchev–Trinajstić information content (AvgIpc) is 3.29. The summed E-state index contributed by atoms with van der Waals surface area (Å²) in [5.74, 6) is -1.38. The smallest absolute Gasteiger partial charge is 0.462 e. The van der Waals surface area contributed by atoms with Gasteiger partial charge in [0.1, 0.15) is 43.2 Å². The van der Waals surface area contributed by atoms with Crippen molar-refractivity contribution in [1.29, 1.82) is 0 Å². The fraction of sp³-hybridized carbons (Fsp3) is 0.592. The first kappa shape index (κ1) is 62.6. The van der Waals surface area contributed by atoms with Gasteiger partial charge in [-0.15, -0.1) is 0 Å². The van der Waals surface area contributed by atoms with Crippen LogP contribution in [0.2, 0.25) is 0 Å². The third-order valence-corrected chi connectivity index (χ3v) is 11.4. The molecule has 1 rings (SSSR count). The second kappa shape index (κ2) is 38.4. The first-order valence-corrected chi connectivity index (χ1v) is 26.6. The van der Waals surface area contributed by atoms with E-state index in [0.29, 0.717) is 44.9 Å². The molecular formula is C49H78O17P2. The third kappa shape index (κ3) is 32.4. The molecule has 0 amide bonds. The average molecular weight is 1000 g/mol. The van der Waals surface area contributed by atoms with E-state index in [0.717, 1.165) is 32.1 Å². The van der Waals surface area contributed by atoms with Crippen molar-refractivity contribution in [1.82, 2.24) is 0 Å². The number of hydrogen-bond acceptors (Lipinski definition) is 14. The molecule has 17 nitrogen and oxygen atoms in total. The molecule has 0 aromatic heterocycles. The number of hydrogen-bond donors (Lipinski definition) is 8. The van der Waals surface area contributed by atoms with Gasteiger partial charge in [0.25, 0.3) is 0 Å². The topological polar surface area (TPSA) is 276 Å². The Morgan fingerprint density at radius 2 is 1.04 bits per heavy atom. The van der Waals surface area contributed by atoms with Crippen LogP contribution in [-0.2, 0) is 41.8 Å². The zero-order chi connectivity index (χ0) is 50.5. The predicted octanol–water partition coefficient (Wildman–Crippen LogP) is 7.92. The minimum atomic E-state index is -5.39. The lowest BCUT2D eigenvalue weighted by molar-refractivity contribution is -0.216. The highest BCUT2D eigenvalue weighted by Gasteiger charge is 2.54. The van der Waals surface area contributed by atoms with E-state index < -0.39 is 89.6 Å². The molecule has 6 unspecified atom stereocenters. The van der Waals surface area contributed by atoms with Gasteiger partial charge >= 0.3 is 27.6 Å². The maximum Gasteiger partial charge on any atom is 0.472 e. The lowest BCUT2D eigenvalue weighted by Crippen LogP contribution is -2.64. The summed E-state index contributed by atoms with van der Waals surface area (Å²) in [6.45, 7) is 2.73. The van der Waals surface area contributed by atoms with Crippen molar-refractivity contribution in [2.75, 3.05) is 13.2 Å². The Morgan fingerprint density at radius 3 is 1.57 bits per heavy atom.